The van der Waals surface area contributed by atoms with Gasteiger partial charge in [-0.3, -0.25) is 0 Å². The van der Waals surface area contributed by atoms with E-state index in [-0.39, 0.29) is 5.54 Å². The van der Waals surface area contributed by atoms with E-state index in [9.17, 15) is 0 Å². The Hall–Kier alpha value is -3.92. The maximum atomic E-state index is 4.89. The molecule has 1 aromatic heterocycles. The number of hydrogen-bond donors (Lipinski definition) is 2. The van der Waals surface area contributed by atoms with Crippen LogP contribution in [0.15, 0.2) is 106 Å². The van der Waals surface area contributed by atoms with Crippen molar-refractivity contribution in [3.05, 3.63) is 118 Å². The van der Waals surface area contributed by atoms with E-state index in [1.165, 1.54) is 11.1 Å². The van der Waals surface area contributed by atoms with Crippen LogP contribution in [-0.4, -0.2) is 16.4 Å². The normalized spacial score (nSPS) is 22.8. The minimum Gasteiger partial charge on any atom is -0.372 e. The van der Waals surface area contributed by atoms with Gasteiger partial charge in [-0.2, -0.15) is 0 Å². The van der Waals surface area contributed by atoms with Gasteiger partial charge in [0.05, 0.1) is 28.4 Å². The van der Waals surface area contributed by atoms with Crippen molar-refractivity contribution in [1.29, 1.82) is 0 Å². The summed E-state index contributed by atoms with van der Waals surface area (Å²) in [6.45, 7) is 2.21. The molecule has 156 valence electrons. The van der Waals surface area contributed by atoms with E-state index in [4.69, 9.17) is 9.98 Å². The van der Waals surface area contributed by atoms with Crippen molar-refractivity contribution in [3.8, 4) is 0 Å². The van der Waals surface area contributed by atoms with Crippen molar-refractivity contribution in [3.63, 3.8) is 0 Å². The van der Waals surface area contributed by atoms with Crippen LogP contribution in [0.25, 0.3) is 12.2 Å². The fraction of sp³-hybridized carbons (Fsp3) is 0.143. The lowest BCUT2D eigenvalue weighted by Gasteiger charge is -2.31. The van der Waals surface area contributed by atoms with Crippen LogP contribution in [0.1, 0.15) is 24.5 Å². The number of nitrogens with zero attached hydrogens (tertiary/aromatic N) is 2. The molecule has 4 nitrogen and oxygen atoms in total. The van der Waals surface area contributed by atoms with Crippen LogP contribution < -0.4 is 16.0 Å². The number of benzene rings is 1. The molecular weight excluding hydrogens is 392 g/mol. The summed E-state index contributed by atoms with van der Waals surface area (Å²) >= 11 is 0. The zero-order valence-corrected chi connectivity index (χ0v) is 18.0. The number of allylic oxidation sites excluding steroid dienone is 6. The molecule has 4 aliphatic heterocycles. The number of aliphatic imine (C=N–C) groups is 2. The Kier molecular flexibility index (Phi) is 4.32. The first-order valence-electron chi connectivity index (χ1n) is 11.1. The lowest BCUT2D eigenvalue weighted by atomic mass is 9.83. The number of aromatic amines is 1. The van der Waals surface area contributed by atoms with Crippen molar-refractivity contribution < 1.29 is 0 Å². The molecule has 4 heteroatoms. The molecule has 5 heterocycles. The summed E-state index contributed by atoms with van der Waals surface area (Å²) in [5.74, 6) is 0. The van der Waals surface area contributed by atoms with Gasteiger partial charge in [-0.15, -0.1) is 0 Å². The van der Waals surface area contributed by atoms with Crippen LogP contribution in [0, 0.1) is 0 Å². The third-order valence-electron chi connectivity index (χ3n) is 6.29. The first-order chi connectivity index (χ1) is 15.7. The maximum Gasteiger partial charge on any atom is 0.0871 e. The van der Waals surface area contributed by atoms with Gasteiger partial charge in [0.1, 0.15) is 0 Å². The van der Waals surface area contributed by atoms with Crippen LogP contribution in [0.3, 0.4) is 0 Å². The zero-order chi connectivity index (χ0) is 21.5. The topological polar surface area (TPSA) is 52.5 Å². The molecule has 0 fully saturated rings. The molecule has 0 aliphatic carbocycles. The van der Waals surface area contributed by atoms with Gasteiger partial charge in [-0.25, -0.2) is 9.98 Å². The average molecular weight is 417 g/mol. The lowest BCUT2D eigenvalue weighted by molar-refractivity contribution is 0.501. The van der Waals surface area contributed by atoms with Gasteiger partial charge < -0.3 is 10.3 Å². The third kappa shape index (κ3) is 3.34. The van der Waals surface area contributed by atoms with E-state index >= 15 is 0 Å². The fourth-order valence-corrected chi connectivity index (χ4v) is 4.78. The number of nitrogens with one attached hydrogen (secondary N) is 2. The summed E-state index contributed by atoms with van der Waals surface area (Å²) in [5, 5.41) is 5.93. The molecule has 1 aromatic carbocycles. The van der Waals surface area contributed by atoms with Gasteiger partial charge in [0.2, 0.25) is 0 Å². The second-order valence-corrected chi connectivity index (χ2v) is 8.51. The Labute approximate surface area is 187 Å². The quantitative estimate of drug-likeness (QED) is 0.770. The first-order valence-corrected chi connectivity index (χ1v) is 11.1. The molecule has 0 saturated carbocycles. The molecule has 32 heavy (non-hydrogen) atoms. The van der Waals surface area contributed by atoms with Crippen LogP contribution >= 0.6 is 0 Å². The monoisotopic (exact) mass is 416 g/mol. The molecule has 2 aromatic rings. The molecule has 6 rings (SSSR count). The third-order valence-corrected chi connectivity index (χ3v) is 6.29. The first kappa shape index (κ1) is 18.8. The second-order valence-electron chi connectivity index (χ2n) is 8.51. The van der Waals surface area contributed by atoms with E-state index in [0.29, 0.717) is 0 Å². The Morgan fingerprint density at radius 3 is 2.47 bits per heavy atom. The van der Waals surface area contributed by atoms with Gasteiger partial charge >= 0.3 is 0 Å². The number of hydrogen-bond acceptors (Lipinski definition) is 3. The summed E-state index contributed by atoms with van der Waals surface area (Å²) in [5.41, 5.74) is 7.18. The van der Waals surface area contributed by atoms with Crippen molar-refractivity contribution in [2.75, 3.05) is 0 Å². The van der Waals surface area contributed by atoms with Crippen molar-refractivity contribution in [2.24, 2.45) is 9.98 Å². The standard InChI is InChI=1S/C28H24N4/c1-2-19-5-3-4-6-27(19)28-14-13-25(32-28)17-24-10-9-21(30-24)15-20-7-8-22(29-20)16-23-11-12-26(18-28)31-23/h3-13,15-18,30,32H,2,14H2,1H3. The Morgan fingerprint density at radius 2 is 1.59 bits per heavy atom. The van der Waals surface area contributed by atoms with E-state index in [1.54, 1.807) is 0 Å². The minimum atomic E-state index is -0.332. The van der Waals surface area contributed by atoms with Crippen LogP contribution in [-0.2, 0) is 12.0 Å². The highest BCUT2D eigenvalue weighted by atomic mass is 15.0. The molecule has 8 bridgehead atoms. The number of H-pyrrole nitrogens is 1. The van der Waals surface area contributed by atoms with Gasteiger partial charge in [0.25, 0.3) is 0 Å². The number of rotatable bonds is 2. The molecule has 0 saturated heterocycles. The molecule has 4 aliphatic rings. The minimum absolute atomic E-state index is 0.332. The van der Waals surface area contributed by atoms with Crippen LogP contribution in [0.5, 0.6) is 0 Å². The highest BCUT2D eigenvalue weighted by molar-refractivity contribution is 6.19. The summed E-state index contributed by atoms with van der Waals surface area (Å²) in [6.07, 6.45) is 20.9. The van der Waals surface area contributed by atoms with Gasteiger partial charge in [-0.05, 0) is 84.7 Å². The zero-order valence-electron chi connectivity index (χ0n) is 18.0. The van der Waals surface area contributed by atoms with Crippen molar-refractivity contribution in [1.82, 2.24) is 10.3 Å². The van der Waals surface area contributed by atoms with E-state index in [1.807, 2.05) is 18.2 Å². The highest BCUT2D eigenvalue weighted by Gasteiger charge is 2.35. The number of aryl methyl sites for hydroxylation is 1. The van der Waals surface area contributed by atoms with Crippen molar-refractivity contribution in [2.45, 2.75) is 25.3 Å². The smallest absolute Gasteiger partial charge is 0.0871 e. The van der Waals surface area contributed by atoms with E-state index in [0.717, 1.165) is 52.1 Å². The van der Waals surface area contributed by atoms with Crippen LogP contribution in [0.2, 0.25) is 0 Å². The lowest BCUT2D eigenvalue weighted by Crippen LogP contribution is -2.37. The highest BCUT2D eigenvalue weighted by Crippen LogP contribution is 2.37. The van der Waals surface area contributed by atoms with Gasteiger partial charge in [0.15, 0.2) is 0 Å². The number of aromatic nitrogens is 1. The molecule has 2 N–H and O–H groups in total. The maximum absolute atomic E-state index is 4.89. The van der Waals surface area contributed by atoms with Crippen molar-refractivity contribution >= 4 is 23.6 Å². The summed E-state index contributed by atoms with van der Waals surface area (Å²) in [4.78, 5) is 13.1. The molecule has 1 atom stereocenters. The summed E-state index contributed by atoms with van der Waals surface area (Å²) in [7, 11) is 0. The van der Waals surface area contributed by atoms with E-state index in [2.05, 4.69) is 90.1 Å². The Morgan fingerprint density at radius 1 is 0.844 bits per heavy atom. The fourth-order valence-electron chi connectivity index (χ4n) is 4.78. The average Bonchev–Trinajstić information content (AvgIpc) is 3.59. The van der Waals surface area contributed by atoms with Crippen LogP contribution in [0.4, 0.5) is 0 Å². The molecule has 0 radical (unpaired) electrons. The summed E-state index contributed by atoms with van der Waals surface area (Å²) in [6, 6.07) is 12.9. The Balaban J connectivity index is 1.55. The summed E-state index contributed by atoms with van der Waals surface area (Å²) < 4.78 is 0. The predicted molar refractivity (Wildman–Crippen MR) is 132 cm³/mol. The molecular formula is C28H24N4. The molecule has 0 spiro atoms. The SMILES string of the molecule is CCc1ccccc1C12C=C3C=CC(=N3)C=C3C=CC(=N3)C=c3ccc([nH]3)=CC(=CC1)N2. The second kappa shape index (κ2) is 7.34. The Bertz CT molecular complexity index is 1450. The largest absolute Gasteiger partial charge is 0.372 e. The van der Waals surface area contributed by atoms with Gasteiger partial charge in [-0.1, -0.05) is 37.3 Å². The number of fused-ring (bicyclic) bond motifs is 6. The molecule has 0 amide bonds. The molecule has 1 unspecified atom stereocenters. The van der Waals surface area contributed by atoms with Gasteiger partial charge in [0, 0.05) is 16.4 Å². The van der Waals surface area contributed by atoms with E-state index < -0.39 is 0 Å². The predicted octanol–water partition coefficient (Wildman–Crippen LogP) is 3.71.